The molecule has 1 saturated heterocycles. The molecule has 1 amide bonds. The van der Waals surface area contributed by atoms with E-state index in [1.165, 1.54) is 5.06 Å². The minimum absolute atomic E-state index is 0.0293. The van der Waals surface area contributed by atoms with Gasteiger partial charge in [0.15, 0.2) is 9.84 Å². The normalized spacial score (nSPS) is 19.1. The van der Waals surface area contributed by atoms with Gasteiger partial charge in [-0.3, -0.25) is 9.63 Å². The molecule has 0 radical (unpaired) electrons. The number of hydroxylamine groups is 2. The first-order valence-corrected chi connectivity index (χ1v) is 7.89. The van der Waals surface area contributed by atoms with Crippen LogP contribution in [0, 0.1) is 0 Å². The maximum absolute atomic E-state index is 11.9. The molecule has 2 heterocycles. The largest absolute Gasteiger partial charge is 0.338 e. The molecule has 0 N–H and O–H groups in total. The summed E-state index contributed by atoms with van der Waals surface area (Å²) in [6.07, 6.45) is 4.22. The summed E-state index contributed by atoms with van der Waals surface area (Å²) in [6.45, 7) is 0.145. The predicted octanol–water partition coefficient (Wildman–Crippen LogP) is -0.459. The van der Waals surface area contributed by atoms with E-state index >= 15 is 0 Å². The van der Waals surface area contributed by atoms with Gasteiger partial charge in [0, 0.05) is 25.4 Å². The molecule has 0 aromatic carbocycles. The lowest BCUT2D eigenvalue weighted by Crippen LogP contribution is -2.33. The average Bonchev–Trinajstić information content (AvgIpc) is 2.66. The molecule has 0 aliphatic carbocycles. The van der Waals surface area contributed by atoms with Crippen LogP contribution < -0.4 is 0 Å². The Morgan fingerprint density at radius 2 is 2.26 bits per heavy atom. The summed E-state index contributed by atoms with van der Waals surface area (Å²) in [4.78, 5) is 21.1. The molecule has 1 aromatic rings. The molecule has 1 aromatic heterocycles. The summed E-state index contributed by atoms with van der Waals surface area (Å²) in [7, 11) is -1.22. The lowest BCUT2D eigenvalue weighted by Gasteiger charge is -2.18. The maximum atomic E-state index is 11.9. The van der Waals surface area contributed by atoms with E-state index in [0.29, 0.717) is 6.42 Å². The summed E-state index contributed by atoms with van der Waals surface area (Å²) in [5.41, 5.74) is 0.954. The third-order valence-corrected chi connectivity index (χ3v) is 4.63. The molecule has 0 spiro atoms. The number of carbonyl (C=O) groups is 1. The molecule has 19 heavy (non-hydrogen) atoms. The molecule has 106 valence electrons. The summed E-state index contributed by atoms with van der Waals surface area (Å²) in [5, 5.41) is 1.17. The van der Waals surface area contributed by atoms with Crippen LogP contribution in [0.1, 0.15) is 12.1 Å². The van der Waals surface area contributed by atoms with E-state index < -0.39 is 9.84 Å². The van der Waals surface area contributed by atoms with E-state index in [1.54, 1.807) is 12.5 Å². The van der Waals surface area contributed by atoms with Crippen LogP contribution >= 0.6 is 0 Å². The molecule has 1 fully saturated rings. The van der Waals surface area contributed by atoms with Gasteiger partial charge in [0.05, 0.1) is 31.0 Å². The van der Waals surface area contributed by atoms with Gasteiger partial charge >= 0.3 is 0 Å². The van der Waals surface area contributed by atoms with Crippen LogP contribution in [0.15, 0.2) is 12.5 Å². The molecule has 0 saturated carbocycles. The first-order chi connectivity index (χ1) is 8.98. The van der Waals surface area contributed by atoms with Gasteiger partial charge in [-0.25, -0.2) is 18.5 Å². The Labute approximate surface area is 112 Å². The molecular formula is C11H17N3O4S. The summed E-state index contributed by atoms with van der Waals surface area (Å²) in [5.74, 6) is -0.263. The van der Waals surface area contributed by atoms with Crippen LogP contribution in [0.3, 0.4) is 0 Å². The second-order valence-electron chi connectivity index (χ2n) is 4.48. The summed E-state index contributed by atoms with van der Waals surface area (Å²) in [6, 6.07) is 0. The topological polar surface area (TPSA) is 81.5 Å². The second kappa shape index (κ2) is 5.70. The number of aromatic nitrogens is 2. The second-order valence-corrected chi connectivity index (χ2v) is 6.78. The van der Waals surface area contributed by atoms with E-state index in [9.17, 15) is 13.2 Å². The van der Waals surface area contributed by atoms with E-state index in [0.717, 1.165) is 5.69 Å². The maximum Gasteiger partial charge on any atom is 0.246 e. The zero-order valence-electron chi connectivity index (χ0n) is 10.8. The molecule has 0 unspecified atom stereocenters. The SMILES string of the molecule is Cn1cncc1CCC(=O)N1CCS(=O)(=O)CCO1. The molecule has 0 atom stereocenters. The highest BCUT2D eigenvalue weighted by atomic mass is 32.2. The lowest BCUT2D eigenvalue weighted by molar-refractivity contribution is -0.181. The molecule has 0 bridgehead atoms. The number of imidazole rings is 1. The number of sulfone groups is 1. The van der Waals surface area contributed by atoms with Crippen LogP contribution in [0.4, 0.5) is 0 Å². The van der Waals surface area contributed by atoms with E-state index in [4.69, 9.17) is 4.84 Å². The minimum Gasteiger partial charge on any atom is -0.338 e. The number of hydrogen-bond donors (Lipinski definition) is 0. The molecular weight excluding hydrogens is 270 g/mol. The quantitative estimate of drug-likeness (QED) is 0.751. The Bertz CT molecular complexity index is 552. The van der Waals surface area contributed by atoms with Crippen LogP contribution in [0.5, 0.6) is 0 Å². The van der Waals surface area contributed by atoms with E-state index in [1.807, 2.05) is 11.6 Å². The lowest BCUT2D eigenvalue weighted by atomic mass is 10.2. The number of nitrogens with zero attached hydrogens (tertiary/aromatic N) is 3. The minimum atomic E-state index is -3.08. The van der Waals surface area contributed by atoms with Gasteiger partial charge in [0.1, 0.15) is 0 Å². The first kappa shape index (κ1) is 14.0. The van der Waals surface area contributed by atoms with Crippen LogP contribution in [-0.2, 0) is 32.9 Å². The zero-order chi connectivity index (χ0) is 13.9. The molecule has 1 aliphatic rings. The molecule has 7 nitrogen and oxygen atoms in total. The number of carbonyl (C=O) groups excluding carboxylic acids is 1. The van der Waals surface area contributed by atoms with Gasteiger partial charge in [-0.1, -0.05) is 0 Å². The van der Waals surface area contributed by atoms with Gasteiger partial charge in [-0.05, 0) is 6.42 Å². The standard InChI is InChI=1S/C11H17N3O4S/c1-13-9-12-8-10(13)2-3-11(15)14-4-6-19(16,17)7-5-18-14/h8-9H,2-7H2,1H3. The van der Waals surface area contributed by atoms with Crippen molar-refractivity contribution in [2.75, 3.05) is 24.7 Å². The van der Waals surface area contributed by atoms with Crippen molar-refractivity contribution in [3.63, 3.8) is 0 Å². The van der Waals surface area contributed by atoms with Crippen molar-refractivity contribution in [2.24, 2.45) is 7.05 Å². The van der Waals surface area contributed by atoms with Crippen LogP contribution in [0.2, 0.25) is 0 Å². The Kier molecular flexibility index (Phi) is 4.20. The van der Waals surface area contributed by atoms with Crippen molar-refractivity contribution in [1.29, 1.82) is 0 Å². The summed E-state index contributed by atoms with van der Waals surface area (Å²) >= 11 is 0. The third kappa shape index (κ3) is 3.77. The average molecular weight is 287 g/mol. The fourth-order valence-electron chi connectivity index (χ4n) is 1.84. The summed E-state index contributed by atoms with van der Waals surface area (Å²) < 4.78 is 24.6. The van der Waals surface area contributed by atoms with Crippen molar-refractivity contribution in [2.45, 2.75) is 12.8 Å². The molecule has 1 aliphatic heterocycles. The van der Waals surface area contributed by atoms with Crippen molar-refractivity contribution >= 4 is 15.7 Å². The Hall–Kier alpha value is -1.41. The van der Waals surface area contributed by atoms with Crippen molar-refractivity contribution in [1.82, 2.24) is 14.6 Å². The predicted molar refractivity (Wildman–Crippen MR) is 67.8 cm³/mol. The number of aryl methyl sites for hydroxylation is 2. The van der Waals surface area contributed by atoms with Gasteiger partial charge in [0.2, 0.25) is 5.91 Å². The highest BCUT2D eigenvalue weighted by Gasteiger charge is 2.23. The zero-order valence-corrected chi connectivity index (χ0v) is 11.6. The highest BCUT2D eigenvalue weighted by molar-refractivity contribution is 7.91. The van der Waals surface area contributed by atoms with Gasteiger partial charge in [0.25, 0.3) is 0 Å². The van der Waals surface area contributed by atoms with Gasteiger partial charge in [-0.15, -0.1) is 0 Å². The van der Waals surface area contributed by atoms with Crippen molar-refractivity contribution in [3.8, 4) is 0 Å². The Balaban J connectivity index is 1.88. The van der Waals surface area contributed by atoms with Crippen LogP contribution in [-0.4, -0.2) is 53.6 Å². The fourth-order valence-corrected chi connectivity index (χ4v) is 2.82. The number of amides is 1. The number of rotatable bonds is 3. The smallest absolute Gasteiger partial charge is 0.246 e. The first-order valence-electron chi connectivity index (χ1n) is 6.07. The Morgan fingerprint density at radius 1 is 1.47 bits per heavy atom. The van der Waals surface area contributed by atoms with Crippen LogP contribution in [0.25, 0.3) is 0 Å². The monoisotopic (exact) mass is 287 g/mol. The van der Waals surface area contributed by atoms with E-state index in [2.05, 4.69) is 4.98 Å². The number of hydrogen-bond acceptors (Lipinski definition) is 5. The van der Waals surface area contributed by atoms with E-state index in [-0.39, 0.29) is 37.0 Å². The van der Waals surface area contributed by atoms with Gasteiger partial charge in [-0.2, -0.15) is 0 Å². The van der Waals surface area contributed by atoms with Crippen molar-refractivity contribution < 1.29 is 18.0 Å². The fraction of sp³-hybridized carbons (Fsp3) is 0.636. The third-order valence-electron chi connectivity index (χ3n) is 3.04. The Morgan fingerprint density at radius 3 is 2.95 bits per heavy atom. The molecule has 8 heteroatoms. The highest BCUT2D eigenvalue weighted by Crippen LogP contribution is 2.07. The molecule has 2 rings (SSSR count). The van der Waals surface area contributed by atoms with Crippen molar-refractivity contribution in [3.05, 3.63) is 18.2 Å². The van der Waals surface area contributed by atoms with Gasteiger partial charge < -0.3 is 4.57 Å².